The second kappa shape index (κ2) is 5.18. The van der Waals surface area contributed by atoms with Crippen LogP contribution in [0.2, 0.25) is 0 Å². The first-order valence-electron chi connectivity index (χ1n) is 3.44. The molecular formula is C8H8ClNO4. The summed E-state index contributed by atoms with van der Waals surface area (Å²) in [5.74, 6) is -1.83. The van der Waals surface area contributed by atoms with Gasteiger partial charge in [-0.25, -0.2) is 14.6 Å². The van der Waals surface area contributed by atoms with Crippen molar-refractivity contribution in [2.24, 2.45) is 0 Å². The number of esters is 1. The second-order valence-corrected chi connectivity index (χ2v) is 2.20. The van der Waals surface area contributed by atoms with E-state index < -0.39 is 11.9 Å². The quantitative estimate of drug-likeness (QED) is 0.748. The molecular weight excluding hydrogens is 210 g/mol. The molecule has 0 saturated heterocycles. The largest absolute Gasteiger partial charge is 0.477 e. The molecule has 0 saturated carbocycles. The van der Waals surface area contributed by atoms with Crippen LogP contribution in [0, 0.1) is 0 Å². The third-order valence-corrected chi connectivity index (χ3v) is 1.36. The Balaban J connectivity index is 0.00000169. The SMILES string of the molecule is COC(=O)c1cccc(C(=O)O)n1.Cl. The predicted octanol–water partition coefficient (Wildman–Crippen LogP) is 0.988. The Labute approximate surface area is 86.1 Å². The number of carboxylic acid groups (broad SMARTS) is 1. The first kappa shape index (κ1) is 12.4. The van der Waals surface area contributed by atoms with Gasteiger partial charge in [-0.3, -0.25) is 0 Å². The lowest BCUT2D eigenvalue weighted by Crippen LogP contribution is -2.08. The molecule has 6 heteroatoms. The predicted molar refractivity (Wildman–Crippen MR) is 49.8 cm³/mol. The van der Waals surface area contributed by atoms with Crippen molar-refractivity contribution in [3.05, 3.63) is 29.6 Å². The number of pyridine rings is 1. The third kappa shape index (κ3) is 2.70. The van der Waals surface area contributed by atoms with Crippen LogP contribution in [0.4, 0.5) is 0 Å². The van der Waals surface area contributed by atoms with E-state index in [2.05, 4.69) is 9.72 Å². The molecule has 0 fully saturated rings. The highest BCUT2D eigenvalue weighted by atomic mass is 35.5. The van der Waals surface area contributed by atoms with Crippen molar-refractivity contribution in [2.45, 2.75) is 0 Å². The number of aromatic nitrogens is 1. The fraction of sp³-hybridized carbons (Fsp3) is 0.125. The first-order chi connectivity index (χ1) is 6.15. The summed E-state index contributed by atoms with van der Waals surface area (Å²) >= 11 is 0. The van der Waals surface area contributed by atoms with Crippen LogP contribution in [0.3, 0.4) is 0 Å². The van der Waals surface area contributed by atoms with Gasteiger partial charge in [0, 0.05) is 0 Å². The number of carboxylic acids is 1. The van der Waals surface area contributed by atoms with E-state index in [1.54, 1.807) is 0 Å². The number of hydrogen-bond donors (Lipinski definition) is 1. The van der Waals surface area contributed by atoms with Crippen LogP contribution in [0.25, 0.3) is 0 Å². The molecule has 0 aliphatic carbocycles. The Bertz CT molecular complexity index is 353. The van der Waals surface area contributed by atoms with Gasteiger partial charge in [0.05, 0.1) is 7.11 Å². The molecule has 14 heavy (non-hydrogen) atoms. The smallest absolute Gasteiger partial charge is 0.356 e. The Morgan fingerprint density at radius 1 is 1.36 bits per heavy atom. The summed E-state index contributed by atoms with van der Waals surface area (Å²) in [7, 11) is 1.21. The standard InChI is InChI=1S/C8H7NO4.ClH/c1-13-8(12)6-4-2-3-5(9-6)7(10)11;/h2-4H,1H3,(H,10,11);1H. The molecule has 0 aliphatic rings. The highest BCUT2D eigenvalue weighted by Gasteiger charge is 2.10. The Hall–Kier alpha value is -1.62. The average molecular weight is 218 g/mol. The summed E-state index contributed by atoms with van der Waals surface area (Å²) < 4.78 is 4.38. The molecule has 0 spiro atoms. The van der Waals surface area contributed by atoms with Gasteiger partial charge in [0.2, 0.25) is 0 Å². The van der Waals surface area contributed by atoms with Crippen molar-refractivity contribution in [3.63, 3.8) is 0 Å². The maximum absolute atomic E-state index is 10.9. The monoisotopic (exact) mass is 217 g/mol. The van der Waals surface area contributed by atoms with Gasteiger partial charge in [0.1, 0.15) is 11.4 Å². The van der Waals surface area contributed by atoms with Crippen molar-refractivity contribution in [1.82, 2.24) is 4.98 Å². The number of rotatable bonds is 2. The zero-order valence-electron chi connectivity index (χ0n) is 7.26. The molecule has 0 radical (unpaired) electrons. The number of carbonyl (C=O) groups is 2. The summed E-state index contributed by atoms with van der Waals surface area (Å²) in [5.41, 5.74) is -0.190. The number of methoxy groups -OCH3 is 1. The van der Waals surface area contributed by atoms with Gasteiger partial charge in [-0.2, -0.15) is 0 Å². The lowest BCUT2D eigenvalue weighted by atomic mass is 10.3. The second-order valence-electron chi connectivity index (χ2n) is 2.20. The van der Waals surface area contributed by atoms with Gasteiger partial charge in [0.15, 0.2) is 0 Å². The number of nitrogens with zero attached hydrogens (tertiary/aromatic N) is 1. The number of ether oxygens (including phenoxy) is 1. The fourth-order valence-corrected chi connectivity index (χ4v) is 0.772. The first-order valence-corrected chi connectivity index (χ1v) is 3.44. The van der Waals surface area contributed by atoms with Crippen molar-refractivity contribution in [2.75, 3.05) is 7.11 Å². The van der Waals surface area contributed by atoms with Gasteiger partial charge in [0.25, 0.3) is 0 Å². The highest BCUT2D eigenvalue weighted by molar-refractivity contribution is 5.90. The number of carbonyl (C=O) groups excluding carboxylic acids is 1. The van der Waals surface area contributed by atoms with Gasteiger partial charge < -0.3 is 9.84 Å². The van der Waals surface area contributed by atoms with E-state index in [1.165, 1.54) is 25.3 Å². The molecule has 1 aromatic rings. The summed E-state index contributed by atoms with van der Waals surface area (Å²) in [6, 6.07) is 4.12. The van der Waals surface area contributed by atoms with E-state index >= 15 is 0 Å². The minimum atomic E-state index is -1.18. The van der Waals surface area contributed by atoms with E-state index in [-0.39, 0.29) is 23.8 Å². The zero-order chi connectivity index (χ0) is 9.84. The van der Waals surface area contributed by atoms with Crippen molar-refractivity contribution in [1.29, 1.82) is 0 Å². The van der Waals surface area contributed by atoms with E-state index in [9.17, 15) is 9.59 Å². The topological polar surface area (TPSA) is 76.5 Å². The van der Waals surface area contributed by atoms with Crippen LogP contribution < -0.4 is 0 Å². The maximum Gasteiger partial charge on any atom is 0.356 e. The Kier molecular flexibility index (Phi) is 4.58. The average Bonchev–Trinajstić information content (AvgIpc) is 2.17. The maximum atomic E-state index is 10.9. The summed E-state index contributed by atoms with van der Waals surface area (Å²) in [5, 5.41) is 8.55. The minimum absolute atomic E-state index is 0. The minimum Gasteiger partial charge on any atom is -0.477 e. The van der Waals surface area contributed by atoms with E-state index in [4.69, 9.17) is 5.11 Å². The van der Waals surface area contributed by atoms with Gasteiger partial charge in [-0.1, -0.05) is 6.07 Å². The van der Waals surface area contributed by atoms with Crippen LogP contribution in [0.1, 0.15) is 21.0 Å². The normalized spacial score (nSPS) is 8.64. The molecule has 1 N–H and O–H groups in total. The van der Waals surface area contributed by atoms with Gasteiger partial charge in [-0.15, -0.1) is 12.4 Å². The highest BCUT2D eigenvalue weighted by Crippen LogP contribution is 2.00. The van der Waals surface area contributed by atoms with E-state index in [0.29, 0.717) is 0 Å². The molecule has 0 bridgehead atoms. The van der Waals surface area contributed by atoms with Crippen molar-refractivity contribution < 1.29 is 19.4 Å². The van der Waals surface area contributed by atoms with E-state index in [1.807, 2.05) is 0 Å². The molecule has 5 nitrogen and oxygen atoms in total. The zero-order valence-corrected chi connectivity index (χ0v) is 8.08. The number of halogens is 1. The van der Waals surface area contributed by atoms with Crippen LogP contribution >= 0.6 is 12.4 Å². The van der Waals surface area contributed by atoms with Crippen LogP contribution in [-0.2, 0) is 4.74 Å². The van der Waals surface area contributed by atoms with Gasteiger partial charge in [-0.05, 0) is 12.1 Å². The molecule has 0 aliphatic heterocycles. The van der Waals surface area contributed by atoms with E-state index in [0.717, 1.165) is 0 Å². The van der Waals surface area contributed by atoms with Crippen LogP contribution in [0.5, 0.6) is 0 Å². The fourth-order valence-electron chi connectivity index (χ4n) is 0.772. The number of aromatic carboxylic acids is 1. The molecule has 76 valence electrons. The van der Waals surface area contributed by atoms with Crippen molar-refractivity contribution >= 4 is 24.3 Å². The molecule has 0 amide bonds. The molecule has 0 aromatic carbocycles. The molecule has 0 atom stereocenters. The lowest BCUT2D eigenvalue weighted by molar-refractivity contribution is 0.0593. The summed E-state index contributed by atoms with van der Waals surface area (Å²) in [6.07, 6.45) is 0. The molecule has 1 aromatic heterocycles. The lowest BCUT2D eigenvalue weighted by Gasteiger charge is -1.98. The summed E-state index contributed by atoms with van der Waals surface area (Å²) in [4.78, 5) is 24.9. The van der Waals surface area contributed by atoms with Crippen molar-refractivity contribution in [3.8, 4) is 0 Å². The van der Waals surface area contributed by atoms with Crippen LogP contribution in [-0.4, -0.2) is 29.1 Å². The molecule has 1 heterocycles. The molecule has 0 unspecified atom stereocenters. The Morgan fingerprint density at radius 3 is 2.43 bits per heavy atom. The number of hydrogen-bond acceptors (Lipinski definition) is 4. The molecule has 1 rings (SSSR count). The summed E-state index contributed by atoms with van der Waals surface area (Å²) in [6.45, 7) is 0. The Morgan fingerprint density at radius 2 is 1.93 bits per heavy atom. The third-order valence-electron chi connectivity index (χ3n) is 1.36. The van der Waals surface area contributed by atoms with Gasteiger partial charge >= 0.3 is 11.9 Å². The van der Waals surface area contributed by atoms with Crippen LogP contribution in [0.15, 0.2) is 18.2 Å².